The van der Waals surface area contributed by atoms with E-state index in [0.717, 1.165) is 11.1 Å². The highest BCUT2D eigenvalue weighted by molar-refractivity contribution is 8.15. The van der Waals surface area contributed by atoms with Gasteiger partial charge in [0, 0.05) is 0 Å². The lowest BCUT2D eigenvalue weighted by Crippen LogP contribution is -2.26. The summed E-state index contributed by atoms with van der Waals surface area (Å²) < 4.78 is 10.5. The Bertz CT molecular complexity index is 950. The van der Waals surface area contributed by atoms with Crippen LogP contribution in [0.25, 0.3) is 0 Å². The highest BCUT2D eigenvalue weighted by atomic mass is 35.5. The molecule has 0 bridgehead atoms. The van der Waals surface area contributed by atoms with Crippen molar-refractivity contribution in [1.82, 2.24) is 5.32 Å². The number of nitrogens with one attached hydrogen (secondary N) is 1. The molecular weight excluding hydrogens is 421 g/mol. The van der Waals surface area contributed by atoms with Gasteiger partial charge in [-0.15, -0.1) is 5.10 Å². The minimum Gasteiger partial charge on any atom is -0.493 e. The summed E-state index contributed by atoms with van der Waals surface area (Å²) in [4.78, 5) is 12.2. The molecule has 2 aromatic carbocycles. The molecule has 28 heavy (non-hydrogen) atoms. The number of ether oxygens (including phenoxy) is 2. The maximum atomic E-state index is 12.2. The number of methoxy groups -OCH3 is 2. The van der Waals surface area contributed by atoms with E-state index < -0.39 is 0 Å². The Morgan fingerprint density at radius 2 is 1.96 bits per heavy atom. The van der Waals surface area contributed by atoms with Crippen molar-refractivity contribution >= 4 is 52.3 Å². The number of benzene rings is 2. The molecule has 1 aliphatic rings. The Hall–Kier alpha value is -2.22. The van der Waals surface area contributed by atoms with Crippen molar-refractivity contribution in [2.75, 3.05) is 14.2 Å². The third-order valence-electron chi connectivity index (χ3n) is 3.98. The van der Waals surface area contributed by atoms with Crippen LogP contribution in [0.2, 0.25) is 10.0 Å². The van der Waals surface area contributed by atoms with Gasteiger partial charge >= 0.3 is 0 Å². The van der Waals surface area contributed by atoms with Crippen molar-refractivity contribution < 1.29 is 14.3 Å². The number of nitrogens with zero attached hydrogens (tertiary/aromatic N) is 2. The molecule has 2 aromatic rings. The highest BCUT2D eigenvalue weighted by Gasteiger charge is 2.31. The summed E-state index contributed by atoms with van der Waals surface area (Å²) in [6.45, 7) is 0. The molecule has 3 rings (SSSR count). The lowest BCUT2D eigenvalue weighted by molar-refractivity contribution is -0.118. The van der Waals surface area contributed by atoms with Gasteiger partial charge in [-0.3, -0.25) is 4.79 Å². The van der Waals surface area contributed by atoms with Crippen LogP contribution >= 0.6 is 35.0 Å². The highest BCUT2D eigenvalue weighted by Crippen LogP contribution is 2.30. The normalized spacial score (nSPS) is 17.9. The fourth-order valence-electron chi connectivity index (χ4n) is 2.57. The van der Waals surface area contributed by atoms with Gasteiger partial charge in [-0.25, -0.2) is 0 Å². The van der Waals surface area contributed by atoms with Crippen LogP contribution in [0.3, 0.4) is 0 Å². The first kappa shape index (κ1) is 20.5. The summed E-state index contributed by atoms with van der Waals surface area (Å²) in [5.74, 6) is 1.09. The van der Waals surface area contributed by atoms with Crippen molar-refractivity contribution in [3.05, 3.63) is 57.6 Å². The number of carbonyl (C=O) groups excluding carboxylic acids is 1. The molecule has 0 radical (unpaired) electrons. The number of thioether (sulfide) groups is 1. The van der Waals surface area contributed by atoms with Gasteiger partial charge in [0.05, 0.1) is 35.7 Å². The van der Waals surface area contributed by atoms with Crippen molar-refractivity contribution in [1.29, 1.82) is 0 Å². The molecule has 146 valence electrons. The van der Waals surface area contributed by atoms with Gasteiger partial charge in [0.2, 0.25) is 5.91 Å². The first-order valence-corrected chi connectivity index (χ1v) is 9.89. The van der Waals surface area contributed by atoms with Crippen LogP contribution in [0, 0.1) is 0 Å². The van der Waals surface area contributed by atoms with Crippen LogP contribution < -0.4 is 14.8 Å². The summed E-state index contributed by atoms with van der Waals surface area (Å²) in [6, 6.07) is 10.8. The van der Waals surface area contributed by atoms with E-state index in [4.69, 9.17) is 32.7 Å². The molecule has 1 fully saturated rings. The number of hydrogen-bond acceptors (Lipinski definition) is 6. The topological polar surface area (TPSA) is 72.3 Å². The van der Waals surface area contributed by atoms with Crippen LogP contribution in [-0.2, 0) is 11.2 Å². The summed E-state index contributed by atoms with van der Waals surface area (Å²) in [7, 11) is 3.14. The molecule has 0 spiro atoms. The smallest absolute Gasteiger partial charge is 0.239 e. The molecular formula is C19H17Cl2N3O3S. The van der Waals surface area contributed by atoms with Gasteiger partial charge in [-0.05, 0) is 41.8 Å². The van der Waals surface area contributed by atoms with E-state index in [1.54, 1.807) is 38.6 Å². The van der Waals surface area contributed by atoms with E-state index in [1.165, 1.54) is 11.8 Å². The van der Waals surface area contributed by atoms with Gasteiger partial charge in [-0.2, -0.15) is 5.10 Å². The molecule has 1 saturated heterocycles. The molecule has 0 saturated carbocycles. The maximum absolute atomic E-state index is 12.2. The zero-order valence-electron chi connectivity index (χ0n) is 15.1. The van der Waals surface area contributed by atoms with Crippen molar-refractivity contribution in [3.8, 4) is 11.5 Å². The van der Waals surface area contributed by atoms with Crippen LogP contribution in [0.15, 0.2) is 46.6 Å². The maximum Gasteiger partial charge on any atom is 0.239 e. The van der Waals surface area contributed by atoms with E-state index >= 15 is 0 Å². The third-order valence-corrected chi connectivity index (χ3v) is 5.91. The van der Waals surface area contributed by atoms with E-state index in [-0.39, 0.29) is 11.2 Å². The Balaban J connectivity index is 1.67. The largest absolute Gasteiger partial charge is 0.493 e. The van der Waals surface area contributed by atoms with Gasteiger partial charge in [0.15, 0.2) is 16.7 Å². The fraction of sp³-hybridized carbons (Fsp3) is 0.211. The first-order valence-electron chi connectivity index (χ1n) is 8.25. The summed E-state index contributed by atoms with van der Waals surface area (Å²) in [6.07, 6.45) is 2.02. The molecule has 1 atom stereocenters. The molecule has 1 amide bonds. The molecule has 6 nitrogen and oxygen atoms in total. The predicted octanol–water partition coefficient (Wildman–Crippen LogP) is 4.17. The monoisotopic (exact) mass is 437 g/mol. The van der Waals surface area contributed by atoms with Gasteiger partial charge in [0.25, 0.3) is 0 Å². The van der Waals surface area contributed by atoms with Crippen molar-refractivity contribution in [2.45, 2.75) is 11.7 Å². The summed E-state index contributed by atoms with van der Waals surface area (Å²) in [5, 5.41) is 11.9. The first-order chi connectivity index (χ1) is 13.5. The Morgan fingerprint density at radius 3 is 2.71 bits per heavy atom. The van der Waals surface area contributed by atoms with Gasteiger partial charge in [-0.1, -0.05) is 47.1 Å². The summed E-state index contributed by atoms with van der Waals surface area (Å²) in [5.41, 5.74) is 1.61. The second-order valence-corrected chi connectivity index (χ2v) is 7.75. The number of amidine groups is 1. The summed E-state index contributed by atoms with van der Waals surface area (Å²) >= 11 is 13.5. The SMILES string of the molecule is COc1ccc(/C=N/N=C2\NC(=O)C(Cc3cccc(Cl)c3Cl)S2)cc1OC. The number of hydrogen-bond donors (Lipinski definition) is 1. The number of rotatable bonds is 6. The number of halogens is 2. The minimum absolute atomic E-state index is 0.138. The quantitative estimate of drug-likeness (QED) is 0.543. The third kappa shape index (κ3) is 4.79. The molecule has 9 heteroatoms. The number of carbonyl (C=O) groups is 1. The van der Waals surface area contributed by atoms with Crippen molar-refractivity contribution in [3.63, 3.8) is 0 Å². The molecule has 1 heterocycles. The average molecular weight is 438 g/mol. The van der Waals surface area contributed by atoms with Crippen molar-refractivity contribution in [2.24, 2.45) is 10.2 Å². The lowest BCUT2D eigenvalue weighted by atomic mass is 10.1. The van der Waals surface area contributed by atoms with Crippen LogP contribution in [-0.4, -0.2) is 36.8 Å². The fourth-order valence-corrected chi connectivity index (χ4v) is 3.92. The molecule has 0 aromatic heterocycles. The van der Waals surface area contributed by atoms with Crippen LogP contribution in [0.5, 0.6) is 11.5 Å². The molecule has 1 N–H and O–H groups in total. The van der Waals surface area contributed by atoms with Gasteiger partial charge < -0.3 is 14.8 Å². The van der Waals surface area contributed by atoms with E-state index in [2.05, 4.69) is 15.5 Å². The zero-order chi connectivity index (χ0) is 20.1. The van der Waals surface area contributed by atoms with Crippen LogP contribution in [0.1, 0.15) is 11.1 Å². The molecule has 1 unspecified atom stereocenters. The molecule has 1 aliphatic heterocycles. The van der Waals surface area contributed by atoms with E-state index in [9.17, 15) is 4.79 Å². The lowest BCUT2D eigenvalue weighted by Gasteiger charge is -2.08. The minimum atomic E-state index is -0.342. The Kier molecular flexibility index (Phi) is 6.83. The predicted molar refractivity (Wildman–Crippen MR) is 114 cm³/mol. The Labute approximate surface area is 176 Å². The number of amides is 1. The van der Waals surface area contributed by atoms with Crippen LogP contribution in [0.4, 0.5) is 0 Å². The van der Waals surface area contributed by atoms with E-state index in [1.807, 2.05) is 18.2 Å². The molecule has 0 aliphatic carbocycles. The standard InChI is InChI=1S/C19H17Cl2N3O3S/c1-26-14-7-6-11(8-15(14)27-2)10-22-24-19-23-18(25)16(28-19)9-12-4-3-5-13(20)17(12)21/h3-8,10,16H,9H2,1-2H3,(H,23,24,25)/b22-10+. The second-order valence-electron chi connectivity index (χ2n) is 5.78. The zero-order valence-corrected chi connectivity index (χ0v) is 17.4. The Morgan fingerprint density at radius 1 is 1.18 bits per heavy atom. The average Bonchev–Trinajstić information content (AvgIpc) is 3.04. The van der Waals surface area contributed by atoms with Gasteiger partial charge in [0.1, 0.15) is 0 Å². The van der Waals surface area contributed by atoms with E-state index in [0.29, 0.717) is 33.1 Å². The second kappa shape index (κ2) is 9.32.